The lowest BCUT2D eigenvalue weighted by Crippen LogP contribution is -2.29. The normalized spacial score (nSPS) is 15.1. The Balaban J connectivity index is 1.59. The highest BCUT2D eigenvalue weighted by Crippen LogP contribution is 2.35. The van der Waals surface area contributed by atoms with Gasteiger partial charge < -0.3 is 4.90 Å². The van der Waals surface area contributed by atoms with Crippen LogP contribution < -0.4 is 4.90 Å². The molecule has 1 aliphatic rings. The Labute approximate surface area is 193 Å². The van der Waals surface area contributed by atoms with Crippen LogP contribution in [0.1, 0.15) is 54.6 Å². The summed E-state index contributed by atoms with van der Waals surface area (Å²) < 4.78 is 15.3. The van der Waals surface area contributed by atoms with Crippen LogP contribution in [0.15, 0.2) is 49.1 Å². The average Bonchev–Trinajstić information content (AvgIpc) is 2.84. The summed E-state index contributed by atoms with van der Waals surface area (Å²) in [6.45, 7) is 8.12. The molecule has 0 bridgehead atoms. The zero-order valence-electron chi connectivity index (χ0n) is 19.3. The Morgan fingerprint density at radius 2 is 1.70 bits per heavy atom. The van der Waals surface area contributed by atoms with Crippen LogP contribution in [0.2, 0.25) is 0 Å². The number of hydrogen-bond donors (Lipinski definition) is 0. The summed E-state index contributed by atoms with van der Waals surface area (Å²) >= 11 is 0. The maximum Gasteiger partial charge on any atom is 0.132 e. The van der Waals surface area contributed by atoms with Gasteiger partial charge in [0.05, 0.1) is 22.6 Å². The van der Waals surface area contributed by atoms with E-state index in [1.807, 2.05) is 26.0 Å². The average molecular weight is 442 g/mol. The van der Waals surface area contributed by atoms with Gasteiger partial charge in [0.15, 0.2) is 0 Å². The van der Waals surface area contributed by atoms with Crippen LogP contribution in [0, 0.1) is 19.7 Å². The van der Waals surface area contributed by atoms with E-state index in [1.54, 1.807) is 18.5 Å². The van der Waals surface area contributed by atoms with Gasteiger partial charge in [-0.05, 0) is 74.6 Å². The Bertz CT molecular complexity index is 1310. The molecule has 4 aromatic rings. The van der Waals surface area contributed by atoms with Gasteiger partial charge in [0.2, 0.25) is 0 Å². The number of nitrogens with zero attached hydrogens (tertiary/aromatic N) is 5. The number of aromatic nitrogens is 4. The number of piperidine rings is 1. The summed E-state index contributed by atoms with van der Waals surface area (Å²) in [5.74, 6) is -0.295. The fourth-order valence-corrected chi connectivity index (χ4v) is 4.94. The second-order valence-electron chi connectivity index (χ2n) is 8.91. The third-order valence-corrected chi connectivity index (χ3v) is 6.75. The minimum atomic E-state index is -0.278. The molecule has 2 aromatic carbocycles. The Morgan fingerprint density at radius 3 is 2.48 bits per heavy atom. The molecule has 5 rings (SSSR count). The van der Waals surface area contributed by atoms with Crippen molar-refractivity contribution in [1.29, 1.82) is 0 Å². The van der Waals surface area contributed by atoms with E-state index >= 15 is 4.39 Å². The van der Waals surface area contributed by atoms with Crippen LogP contribution in [-0.4, -0.2) is 33.0 Å². The molecule has 3 heterocycles. The summed E-state index contributed by atoms with van der Waals surface area (Å²) in [5.41, 5.74) is 6.80. The molecule has 1 unspecified atom stereocenters. The van der Waals surface area contributed by atoms with Gasteiger partial charge in [-0.3, -0.25) is 9.97 Å². The largest absolute Gasteiger partial charge is 0.371 e. The van der Waals surface area contributed by atoms with Gasteiger partial charge in [0.25, 0.3) is 0 Å². The number of rotatable bonds is 4. The lowest BCUT2D eigenvalue weighted by molar-refractivity contribution is 0.578. The molecule has 5 nitrogen and oxygen atoms in total. The van der Waals surface area contributed by atoms with Gasteiger partial charge in [-0.2, -0.15) is 0 Å². The van der Waals surface area contributed by atoms with E-state index in [1.165, 1.54) is 31.3 Å². The van der Waals surface area contributed by atoms with Gasteiger partial charge in [-0.1, -0.05) is 6.92 Å². The van der Waals surface area contributed by atoms with E-state index < -0.39 is 0 Å². The number of hydrogen-bond acceptors (Lipinski definition) is 5. The van der Waals surface area contributed by atoms with Crippen LogP contribution in [0.4, 0.5) is 10.1 Å². The first-order chi connectivity index (χ1) is 16.0. The minimum absolute atomic E-state index is 0.0168. The second-order valence-corrected chi connectivity index (χ2v) is 8.91. The second kappa shape index (κ2) is 8.85. The smallest absolute Gasteiger partial charge is 0.132 e. The highest BCUT2D eigenvalue weighted by Gasteiger charge is 2.20. The van der Waals surface area contributed by atoms with E-state index in [9.17, 15) is 0 Å². The molecule has 33 heavy (non-hydrogen) atoms. The van der Waals surface area contributed by atoms with Crippen molar-refractivity contribution in [2.24, 2.45) is 0 Å². The Morgan fingerprint density at radius 1 is 0.909 bits per heavy atom. The highest BCUT2D eigenvalue weighted by atomic mass is 19.1. The van der Waals surface area contributed by atoms with Crippen molar-refractivity contribution in [1.82, 2.24) is 19.9 Å². The van der Waals surface area contributed by atoms with Crippen LogP contribution in [-0.2, 0) is 0 Å². The molecule has 1 fully saturated rings. The maximum atomic E-state index is 15.3. The SMILES string of the molecule is Cc1cc(F)c(-c2ncnc3cc(N4CCCCC4)ccc23)cc1C(C)c1nccnc1C. The number of anilines is 1. The van der Waals surface area contributed by atoms with Gasteiger partial charge in [0.1, 0.15) is 12.1 Å². The van der Waals surface area contributed by atoms with Gasteiger partial charge in [-0.25, -0.2) is 14.4 Å². The van der Waals surface area contributed by atoms with E-state index in [0.717, 1.165) is 46.5 Å². The number of fused-ring (bicyclic) bond motifs is 1. The predicted molar refractivity (Wildman–Crippen MR) is 130 cm³/mol. The quantitative estimate of drug-likeness (QED) is 0.390. The van der Waals surface area contributed by atoms with Crippen molar-refractivity contribution in [3.05, 3.63) is 77.4 Å². The van der Waals surface area contributed by atoms with Gasteiger partial charge in [-0.15, -0.1) is 0 Å². The first-order valence-electron chi connectivity index (χ1n) is 11.6. The summed E-state index contributed by atoms with van der Waals surface area (Å²) in [5, 5.41) is 0.857. The lowest BCUT2D eigenvalue weighted by atomic mass is 9.89. The molecule has 0 aliphatic carbocycles. The molecule has 0 amide bonds. The molecule has 1 aliphatic heterocycles. The van der Waals surface area contributed by atoms with Crippen molar-refractivity contribution >= 4 is 16.6 Å². The van der Waals surface area contributed by atoms with Crippen LogP contribution in [0.3, 0.4) is 0 Å². The van der Waals surface area contributed by atoms with Crippen LogP contribution in [0.5, 0.6) is 0 Å². The number of halogens is 1. The number of aryl methyl sites for hydroxylation is 2. The Hall–Kier alpha value is -3.41. The van der Waals surface area contributed by atoms with Crippen molar-refractivity contribution in [3.8, 4) is 11.3 Å². The van der Waals surface area contributed by atoms with Crippen molar-refractivity contribution in [2.75, 3.05) is 18.0 Å². The molecule has 1 atom stereocenters. The lowest BCUT2D eigenvalue weighted by Gasteiger charge is -2.29. The topological polar surface area (TPSA) is 54.8 Å². The van der Waals surface area contributed by atoms with Gasteiger partial charge in [0, 0.05) is 48.0 Å². The van der Waals surface area contributed by atoms with Crippen molar-refractivity contribution in [2.45, 2.75) is 46.0 Å². The minimum Gasteiger partial charge on any atom is -0.371 e. The molecular formula is C27H28FN5. The predicted octanol–water partition coefficient (Wildman–Crippen LogP) is 5.98. The summed E-state index contributed by atoms with van der Waals surface area (Å²) in [4.78, 5) is 20.3. The Kier molecular flexibility index (Phi) is 5.75. The summed E-state index contributed by atoms with van der Waals surface area (Å²) in [6.07, 6.45) is 8.66. The van der Waals surface area contributed by atoms with E-state index in [2.05, 4.69) is 43.9 Å². The molecule has 0 spiro atoms. The monoisotopic (exact) mass is 441 g/mol. The third-order valence-electron chi connectivity index (χ3n) is 6.75. The molecule has 1 saturated heterocycles. The molecule has 2 aromatic heterocycles. The first-order valence-corrected chi connectivity index (χ1v) is 11.6. The molecule has 168 valence electrons. The third kappa shape index (κ3) is 4.06. The van der Waals surface area contributed by atoms with Crippen molar-refractivity contribution < 1.29 is 4.39 Å². The molecule has 6 heteroatoms. The first kappa shape index (κ1) is 21.4. The fraction of sp³-hybridized carbons (Fsp3) is 0.333. The zero-order chi connectivity index (χ0) is 22.9. The van der Waals surface area contributed by atoms with E-state index in [-0.39, 0.29) is 11.7 Å². The zero-order valence-corrected chi connectivity index (χ0v) is 19.3. The maximum absolute atomic E-state index is 15.3. The molecule has 0 radical (unpaired) electrons. The molecule has 0 N–H and O–H groups in total. The number of benzene rings is 2. The standard InChI is InChI=1S/C27H28FN5/c1-17-13-24(28)23(15-22(17)18(2)26-19(3)29-9-10-30-26)27-21-8-7-20(14-25(21)31-16-32-27)33-11-5-4-6-12-33/h7-10,13-16,18H,4-6,11-12H2,1-3H3. The summed E-state index contributed by atoms with van der Waals surface area (Å²) in [7, 11) is 0. The van der Waals surface area contributed by atoms with Crippen molar-refractivity contribution in [3.63, 3.8) is 0 Å². The fourth-order valence-electron chi connectivity index (χ4n) is 4.94. The molecular weight excluding hydrogens is 413 g/mol. The highest BCUT2D eigenvalue weighted by molar-refractivity contribution is 5.94. The van der Waals surface area contributed by atoms with E-state index in [4.69, 9.17) is 0 Å². The molecule has 0 saturated carbocycles. The van der Waals surface area contributed by atoms with Crippen LogP contribution in [0.25, 0.3) is 22.2 Å². The van der Waals surface area contributed by atoms with Gasteiger partial charge >= 0.3 is 0 Å². The van der Waals surface area contributed by atoms with E-state index in [0.29, 0.717) is 11.3 Å². The summed E-state index contributed by atoms with van der Waals surface area (Å²) in [6, 6.07) is 9.76. The van der Waals surface area contributed by atoms with Crippen LogP contribution >= 0.6 is 0 Å².